The SMILES string of the molecule is C#C[C@](C)(c1ccc(N(C)C)cc1)C(C)(C)C. The first kappa shape index (κ1) is 13.6. The number of hydrogen-bond donors (Lipinski definition) is 0. The molecule has 0 amide bonds. The minimum atomic E-state index is -0.238. The van der Waals surface area contributed by atoms with E-state index in [0.29, 0.717) is 0 Å². The fourth-order valence-corrected chi connectivity index (χ4v) is 1.83. The van der Waals surface area contributed by atoms with Crippen molar-refractivity contribution < 1.29 is 0 Å². The lowest BCUT2D eigenvalue weighted by molar-refractivity contribution is 0.270. The highest BCUT2D eigenvalue weighted by molar-refractivity contribution is 5.49. The van der Waals surface area contributed by atoms with Crippen LogP contribution in [-0.4, -0.2) is 14.1 Å². The third kappa shape index (κ3) is 2.47. The Bertz CT molecular complexity index is 414. The van der Waals surface area contributed by atoms with E-state index in [-0.39, 0.29) is 10.8 Å². The maximum Gasteiger partial charge on any atom is 0.0580 e. The molecular weight excluding hydrogens is 206 g/mol. The lowest BCUT2D eigenvalue weighted by atomic mass is 9.64. The molecule has 1 nitrogen and oxygen atoms in total. The molecule has 17 heavy (non-hydrogen) atoms. The lowest BCUT2D eigenvalue weighted by Crippen LogP contribution is -2.35. The van der Waals surface area contributed by atoms with Gasteiger partial charge < -0.3 is 4.90 Å². The van der Waals surface area contributed by atoms with E-state index in [9.17, 15) is 0 Å². The molecule has 0 aliphatic rings. The minimum absolute atomic E-state index is 0.0430. The third-order valence-corrected chi connectivity index (χ3v) is 3.75. The van der Waals surface area contributed by atoms with Crippen LogP contribution in [0.25, 0.3) is 0 Å². The number of anilines is 1. The van der Waals surface area contributed by atoms with Gasteiger partial charge in [-0.3, -0.25) is 0 Å². The zero-order valence-electron chi connectivity index (χ0n) is 11.8. The summed E-state index contributed by atoms with van der Waals surface area (Å²) in [7, 11) is 4.08. The van der Waals surface area contributed by atoms with Crippen LogP contribution in [-0.2, 0) is 5.41 Å². The molecule has 0 aromatic heterocycles. The van der Waals surface area contributed by atoms with E-state index >= 15 is 0 Å². The molecule has 92 valence electrons. The first-order valence-corrected chi connectivity index (χ1v) is 5.98. The third-order valence-electron chi connectivity index (χ3n) is 3.75. The van der Waals surface area contributed by atoms with Crippen molar-refractivity contribution in [3.8, 4) is 12.3 Å². The second kappa shape index (κ2) is 4.45. The molecule has 1 heteroatoms. The van der Waals surface area contributed by atoms with E-state index in [1.54, 1.807) is 0 Å². The van der Waals surface area contributed by atoms with Crippen LogP contribution in [0.4, 0.5) is 5.69 Å². The van der Waals surface area contributed by atoms with Crippen LogP contribution < -0.4 is 4.90 Å². The van der Waals surface area contributed by atoms with Gasteiger partial charge in [0.1, 0.15) is 0 Å². The number of rotatable bonds is 2. The molecular formula is C16H23N. The van der Waals surface area contributed by atoms with Crippen molar-refractivity contribution >= 4 is 5.69 Å². The highest BCUT2D eigenvalue weighted by atomic mass is 15.1. The van der Waals surface area contributed by atoms with Crippen LogP contribution in [0.5, 0.6) is 0 Å². The predicted molar refractivity (Wildman–Crippen MR) is 76.4 cm³/mol. The number of nitrogens with zero attached hydrogens (tertiary/aromatic N) is 1. The van der Waals surface area contributed by atoms with Gasteiger partial charge >= 0.3 is 0 Å². The fraction of sp³-hybridized carbons (Fsp3) is 0.500. The summed E-state index contributed by atoms with van der Waals surface area (Å²) in [4.78, 5) is 2.09. The molecule has 1 aromatic carbocycles. The molecule has 0 saturated heterocycles. The standard InChI is InChI=1S/C16H23N/c1-8-16(5,15(2,3)4)13-9-11-14(12-10-13)17(6)7/h1,9-12H,2-7H3/t16-/m1/s1. The summed E-state index contributed by atoms with van der Waals surface area (Å²) >= 11 is 0. The van der Waals surface area contributed by atoms with Gasteiger partial charge in [-0.1, -0.05) is 38.8 Å². The summed E-state index contributed by atoms with van der Waals surface area (Å²) in [6.07, 6.45) is 5.76. The van der Waals surface area contributed by atoms with Crippen molar-refractivity contribution in [2.45, 2.75) is 33.1 Å². The van der Waals surface area contributed by atoms with Crippen LogP contribution in [0.3, 0.4) is 0 Å². The van der Waals surface area contributed by atoms with Crippen molar-refractivity contribution in [1.82, 2.24) is 0 Å². The van der Waals surface area contributed by atoms with E-state index in [4.69, 9.17) is 6.42 Å². The van der Waals surface area contributed by atoms with E-state index in [2.05, 4.69) is 62.8 Å². The van der Waals surface area contributed by atoms with Gasteiger partial charge in [-0.25, -0.2) is 0 Å². The van der Waals surface area contributed by atoms with Crippen LogP contribution in [0.2, 0.25) is 0 Å². The van der Waals surface area contributed by atoms with Crippen LogP contribution in [0.1, 0.15) is 33.3 Å². The minimum Gasteiger partial charge on any atom is -0.378 e. The Labute approximate surface area is 106 Å². The number of terminal acetylenes is 1. The van der Waals surface area contributed by atoms with Gasteiger partial charge in [0.25, 0.3) is 0 Å². The lowest BCUT2D eigenvalue weighted by Gasteiger charge is -2.38. The molecule has 0 aliphatic heterocycles. The fourth-order valence-electron chi connectivity index (χ4n) is 1.83. The summed E-state index contributed by atoms with van der Waals surface area (Å²) < 4.78 is 0. The van der Waals surface area contributed by atoms with Crippen molar-refractivity contribution in [1.29, 1.82) is 0 Å². The Morgan fingerprint density at radius 1 is 1.00 bits per heavy atom. The molecule has 0 spiro atoms. The monoisotopic (exact) mass is 229 g/mol. The number of benzene rings is 1. The quantitative estimate of drug-likeness (QED) is 0.699. The van der Waals surface area contributed by atoms with Gasteiger partial charge in [0, 0.05) is 19.8 Å². The van der Waals surface area contributed by atoms with Crippen molar-refractivity contribution in [3.05, 3.63) is 29.8 Å². The van der Waals surface area contributed by atoms with Gasteiger partial charge in [-0.15, -0.1) is 6.42 Å². The highest BCUT2D eigenvalue weighted by Gasteiger charge is 2.37. The Balaban J connectivity index is 3.20. The van der Waals surface area contributed by atoms with Gasteiger partial charge in [0.05, 0.1) is 5.41 Å². The first-order chi connectivity index (χ1) is 7.72. The maximum absolute atomic E-state index is 5.76. The van der Waals surface area contributed by atoms with Crippen LogP contribution in [0.15, 0.2) is 24.3 Å². The summed E-state index contributed by atoms with van der Waals surface area (Å²) in [6.45, 7) is 8.70. The molecule has 1 aromatic rings. The predicted octanol–water partition coefficient (Wildman–Crippen LogP) is 3.69. The molecule has 0 radical (unpaired) electrons. The average Bonchev–Trinajstić information content (AvgIpc) is 2.26. The van der Waals surface area contributed by atoms with Crippen molar-refractivity contribution in [3.63, 3.8) is 0 Å². The maximum atomic E-state index is 5.76. The number of hydrogen-bond acceptors (Lipinski definition) is 1. The second-order valence-corrected chi connectivity index (χ2v) is 5.96. The zero-order valence-corrected chi connectivity index (χ0v) is 11.8. The van der Waals surface area contributed by atoms with Gasteiger partial charge in [-0.2, -0.15) is 0 Å². The topological polar surface area (TPSA) is 3.24 Å². The van der Waals surface area contributed by atoms with Gasteiger partial charge in [-0.05, 0) is 30.0 Å². The Morgan fingerprint density at radius 3 is 1.76 bits per heavy atom. The molecule has 0 unspecified atom stereocenters. The average molecular weight is 229 g/mol. The summed E-state index contributed by atoms with van der Waals surface area (Å²) in [6, 6.07) is 8.52. The van der Waals surface area contributed by atoms with Crippen molar-refractivity contribution in [2.75, 3.05) is 19.0 Å². The van der Waals surface area contributed by atoms with Gasteiger partial charge in [0.15, 0.2) is 0 Å². The molecule has 1 rings (SSSR count). The molecule has 0 heterocycles. The smallest absolute Gasteiger partial charge is 0.0580 e. The van der Waals surface area contributed by atoms with Crippen LogP contribution in [0, 0.1) is 17.8 Å². The Morgan fingerprint density at radius 2 is 1.47 bits per heavy atom. The molecule has 1 atom stereocenters. The Kier molecular flexibility index (Phi) is 3.57. The van der Waals surface area contributed by atoms with Crippen LogP contribution >= 0.6 is 0 Å². The normalized spacial score (nSPS) is 14.9. The molecule has 0 aliphatic carbocycles. The molecule has 0 saturated carbocycles. The largest absolute Gasteiger partial charge is 0.378 e. The summed E-state index contributed by atoms with van der Waals surface area (Å²) in [5.74, 6) is 2.97. The molecule has 0 N–H and O–H groups in total. The van der Waals surface area contributed by atoms with E-state index in [0.717, 1.165) is 0 Å². The first-order valence-electron chi connectivity index (χ1n) is 5.98. The highest BCUT2D eigenvalue weighted by Crippen LogP contribution is 2.41. The Hall–Kier alpha value is -1.42. The second-order valence-electron chi connectivity index (χ2n) is 5.96. The van der Waals surface area contributed by atoms with E-state index in [1.165, 1.54) is 11.3 Å². The zero-order chi connectivity index (χ0) is 13.3. The van der Waals surface area contributed by atoms with Crippen molar-refractivity contribution in [2.24, 2.45) is 5.41 Å². The van der Waals surface area contributed by atoms with E-state index in [1.807, 2.05) is 14.1 Å². The molecule has 0 bridgehead atoms. The summed E-state index contributed by atoms with van der Waals surface area (Å²) in [5, 5.41) is 0. The molecule has 0 fully saturated rings. The summed E-state index contributed by atoms with van der Waals surface area (Å²) in [5.41, 5.74) is 2.21. The van der Waals surface area contributed by atoms with E-state index < -0.39 is 0 Å². The van der Waals surface area contributed by atoms with Gasteiger partial charge in [0.2, 0.25) is 0 Å².